The van der Waals surface area contributed by atoms with E-state index in [4.69, 9.17) is 0 Å². The summed E-state index contributed by atoms with van der Waals surface area (Å²) in [5.41, 5.74) is 0.775. The van der Waals surface area contributed by atoms with Gasteiger partial charge in [-0.05, 0) is 6.92 Å². The van der Waals surface area contributed by atoms with Crippen molar-refractivity contribution in [2.75, 3.05) is 0 Å². The van der Waals surface area contributed by atoms with Gasteiger partial charge in [0, 0.05) is 5.56 Å². The van der Waals surface area contributed by atoms with Gasteiger partial charge in [-0.1, -0.05) is 30.3 Å². The highest BCUT2D eigenvalue weighted by Crippen LogP contribution is 1.97. The van der Waals surface area contributed by atoms with Crippen molar-refractivity contribution in [1.29, 1.82) is 0 Å². The van der Waals surface area contributed by atoms with Crippen molar-refractivity contribution in [3.8, 4) is 0 Å². The maximum absolute atomic E-state index is 10.6. The molecule has 0 atom stereocenters. The van der Waals surface area contributed by atoms with Gasteiger partial charge in [-0.3, -0.25) is 4.79 Å². The van der Waals surface area contributed by atoms with Crippen molar-refractivity contribution in [3.05, 3.63) is 35.9 Å². The number of nitrogens with two attached hydrogens (primary N) is 2. The fourth-order valence-corrected chi connectivity index (χ4v) is 0.673. The van der Waals surface area contributed by atoms with E-state index in [2.05, 4.69) is 10.3 Å². The molecule has 14 heavy (non-hydrogen) atoms. The number of hydrogen-bond acceptors (Lipinski definition) is 3. The molecule has 78 valence electrons. The third-order valence-corrected chi connectivity index (χ3v) is 1.18. The minimum absolute atomic E-state index is 0.121. The molecule has 1 aromatic rings. The van der Waals surface area contributed by atoms with Gasteiger partial charge in [0.05, 0.1) is 0 Å². The van der Waals surface area contributed by atoms with E-state index in [1.165, 1.54) is 0 Å². The van der Waals surface area contributed by atoms with Gasteiger partial charge in [-0.15, -0.1) is 0 Å². The van der Waals surface area contributed by atoms with Crippen molar-refractivity contribution in [2.45, 2.75) is 6.92 Å². The molecular weight excluding hydrogens is 204 g/mol. The van der Waals surface area contributed by atoms with Crippen LogP contribution in [0.3, 0.4) is 0 Å². The first kappa shape index (κ1) is 12.8. The van der Waals surface area contributed by atoms with Crippen LogP contribution in [0.4, 0.5) is 0 Å². The lowest BCUT2D eigenvalue weighted by molar-refractivity contribution is 0.101. The van der Waals surface area contributed by atoms with Gasteiger partial charge in [-0.25, -0.2) is 10.3 Å². The van der Waals surface area contributed by atoms with E-state index in [-0.39, 0.29) is 5.78 Å². The summed E-state index contributed by atoms with van der Waals surface area (Å²) in [6, 6.07) is 9.23. The number of benzene rings is 1. The van der Waals surface area contributed by atoms with E-state index in [1.54, 1.807) is 6.92 Å². The van der Waals surface area contributed by atoms with E-state index in [1.807, 2.05) is 30.3 Å². The van der Waals surface area contributed by atoms with Gasteiger partial charge >= 0.3 is 0 Å². The van der Waals surface area contributed by atoms with Crippen molar-refractivity contribution in [2.24, 2.45) is 10.3 Å². The number of carbonyl (C=O) groups excluding carboxylic acids is 1. The standard InChI is InChI=1S/C8H8O.H4N2O2S/c1-7(9)8-5-3-2-4-6-8;1-5(2,3)4/h2-6H,1H3;(H4,1,2,3,4). The Hall–Kier alpha value is -1.24. The zero-order valence-corrected chi connectivity index (χ0v) is 8.49. The molecule has 0 saturated heterocycles. The zero-order chi connectivity index (χ0) is 11.2. The Morgan fingerprint density at radius 1 is 1.14 bits per heavy atom. The SMILES string of the molecule is CC(=O)c1ccccc1.NS(N)(=O)=O. The van der Waals surface area contributed by atoms with Gasteiger partial charge in [0.2, 0.25) is 0 Å². The highest BCUT2D eigenvalue weighted by atomic mass is 32.2. The summed E-state index contributed by atoms with van der Waals surface area (Å²) in [4.78, 5) is 10.6. The Kier molecular flexibility index (Phi) is 5.00. The average Bonchev–Trinajstić information content (AvgIpc) is 2.03. The molecular formula is C8H12N2O3S. The maximum atomic E-state index is 10.6. The number of hydrogen-bond donors (Lipinski definition) is 2. The van der Waals surface area contributed by atoms with Gasteiger partial charge in [-0.2, -0.15) is 8.42 Å². The van der Waals surface area contributed by atoms with Crippen LogP contribution in [0, 0.1) is 0 Å². The number of Topliss-reactive ketones (excluding diaryl/α,β-unsaturated/α-hetero) is 1. The molecule has 0 aliphatic rings. The normalized spacial score (nSPS) is 9.93. The monoisotopic (exact) mass is 216 g/mol. The zero-order valence-electron chi connectivity index (χ0n) is 7.67. The summed E-state index contributed by atoms with van der Waals surface area (Å²) >= 11 is 0. The molecule has 0 heterocycles. The van der Waals surface area contributed by atoms with Crippen LogP contribution in [0.15, 0.2) is 30.3 Å². The van der Waals surface area contributed by atoms with Crippen LogP contribution >= 0.6 is 0 Å². The van der Waals surface area contributed by atoms with Gasteiger partial charge < -0.3 is 0 Å². The molecule has 6 heteroatoms. The van der Waals surface area contributed by atoms with Crippen molar-refractivity contribution < 1.29 is 13.2 Å². The summed E-state index contributed by atoms with van der Waals surface area (Å²) in [7, 11) is -3.67. The first-order valence-corrected chi connectivity index (χ1v) is 5.28. The molecule has 0 aliphatic carbocycles. The molecule has 0 fully saturated rings. The molecule has 0 aromatic heterocycles. The molecule has 0 radical (unpaired) electrons. The minimum atomic E-state index is -3.67. The summed E-state index contributed by atoms with van der Waals surface area (Å²) in [6.07, 6.45) is 0. The molecule has 0 amide bonds. The van der Waals surface area contributed by atoms with E-state index in [0.717, 1.165) is 5.56 Å². The van der Waals surface area contributed by atoms with Crippen LogP contribution < -0.4 is 10.3 Å². The lowest BCUT2D eigenvalue weighted by Crippen LogP contribution is -2.21. The Balaban J connectivity index is 0.000000292. The summed E-state index contributed by atoms with van der Waals surface area (Å²) in [6.45, 7) is 1.56. The fraction of sp³-hybridized carbons (Fsp3) is 0.125. The van der Waals surface area contributed by atoms with E-state index in [0.29, 0.717) is 0 Å². The lowest BCUT2D eigenvalue weighted by atomic mass is 10.2. The van der Waals surface area contributed by atoms with Crippen LogP contribution in [-0.2, 0) is 10.2 Å². The van der Waals surface area contributed by atoms with Gasteiger partial charge in [0.1, 0.15) is 0 Å². The molecule has 1 aromatic carbocycles. The first-order valence-electron chi connectivity index (χ1n) is 3.67. The average molecular weight is 216 g/mol. The van der Waals surface area contributed by atoms with Crippen LogP contribution in [-0.4, -0.2) is 14.2 Å². The van der Waals surface area contributed by atoms with Gasteiger partial charge in [0.15, 0.2) is 5.78 Å². The Labute approximate surface area is 82.9 Å². The Bertz CT molecular complexity index is 378. The van der Waals surface area contributed by atoms with Gasteiger partial charge in [0.25, 0.3) is 10.2 Å². The second-order valence-corrected chi connectivity index (χ2v) is 3.69. The summed E-state index contributed by atoms with van der Waals surface area (Å²) < 4.78 is 18.4. The van der Waals surface area contributed by atoms with Crippen LogP contribution in [0.5, 0.6) is 0 Å². The number of carbonyl (C=O) groups is 1. The third kappa shape index (κ3) is 8.85. The van der Waals surface area contributed by atoms with Crippen LogP contribution in [0.2, 0.25) is 0 Å². The summed E-state index contributed by atoms with van der Waals surface area (Å²) in [5, 5.41) is 8.21. The topological polar surface area (TPSA) is 103 Å². The molecule has 0 spiro atoms. The Morgan fingerprint density at radius 3 is 1.71 bits per heavy atom. The number of ketones is 1. The van der Waals surface area contributed by atoms with E-state index in [9.17, 15) is 13.2 Å². The van der Waals surface area contributed by atoms with Crippen molar-refractivity contribution >= 4 is 16.0 Å². The highest BCUT2D eigenvalue weighted by molar-refractivity contribution is 7.86. The molecule has 0 saturated carbocycles. The molecule has 4 N–H and O–H groups in total. The van der Waals surface area contributed by atoms with Crippen LogP contribution in [0.25, 0.3) is 0 Å². The van der Waals surface area contributed by atoms with Crippen molar-refractivity contribution in [1.82, 2.24) is 0 Å². The molecule has 0 unspecified atom stereocenters. The first-order chi connectivity index (χ1) is 6.30. The van der Waals surface area contributed by atoms with E-state index >= 15 is 0 Å². The lowest BCUT2D eigenvalue weighted by Gasteiger charge is -1.89. The quantitative estimate of drug-likeness (QED) is 0.647. The smallest absolute Gasteiger partial charge is 0.271 e. The van der Waals surface area contributed by atoms with E-state index < -0.39 is 10.2 Å². The summed E-state index contributed by atoms with van der Waals surface area (Å²) in [5.74, 6) is 0.121. The number of rotatable bonds is 1. The molecule has 0 aliphatic heterocycles. The van der Waals surface area contributed by atoms with Crippen LogP contribution in [0.1, 0.15) is 17.3 Å². The minimum Gasteiger partial charge on any atom is -0.295 e. The largest absolute Gasteiger partial charge is 0.295 e. The maximum Gasteiger partial charge on any atom is 0.271 e. The molecule has 0 bridgehead atoms. The molecule has 5 nitrogen and oxygen atoms in total. The second-order valence-electron chi connectivity index (χ2n) is 2.51. The fourth-order valence-electron chi connectivity index (χ4n) is 0.673. The predicted molar refractivity (Wildman–Crippen MR) is 53.7 cm³/mol. The third-order valence-electron chi connectivity index (χ3n) is 1.18. The molecule has 1 rings (SSSR count). The second kappa shape index (κ2) is 5.48. The van der Waals surface area contributed by atoms with Crippen molar-refractivity contribution in [3.63, 3.8) is 0 Å². The predicted octanol–water partition coefficient (Wildman–Crippen LogP) is 0.0378. The highest BCUT2D eigenvalue weighted by Gasteiger charge is 1.92. The Morgan fingerprint density at radius 2 is 1.50 bits per heavy atom.